The molecule has 0 N–H and O–H groups in total. The Labute approximate surface area is 130 Å². The summed E-state index contributed by atoms with van der Waals surface area (Å²) in [5.74, 6) is -4.27. The molecule has 0 saturated carbocycles. The summed E-state index contributed by atoms with van der Waals surface area (Å²) >= 11 is 0. The number of aryl methyl sites for hydroxylation is 1. The van der Waals surface area contributed by atoms with Gasteiger partial charge in [0, 0.05) is 0 Å². The molecule has 6 heteroatoms. The number of ether oxygens (including phenoxy) is 1. The first-order chi connectivity index (χ1) is 10.8. The summed E-state index contributed by atoms with van der Waals surface area (Å²) in [5.41, 5.74) is 1.64. The van der Waals surface area contributed by atoms with E-state index < -0.39 is 23.7 Å². The highest BCUT2D eigenvalue weighted by Crippen LogP contribution is 2.32. The van der Waals surface area contributed by atoms with Gasteiger partial charge in [-0.2, -0.15) is 0 Å². The van der Waals surface area contributed by atoms with Gasteiger partial charge in [0.1, 0.15) is 0 Å². The van der Waals surface area contributed by atoms with Crippen LogP contribution in [0.1, 0.15) is 12.0 Å². The molecule has 0 saturated heterocycles. The highest BCUT2D eigenvalue weighted by Gasteiger charge is 2.34. The Morgan fingerprint density at radius 3 is 2.00 bits per heavy atom. The molecule has 0 aliphatic rings. The van der Waals surface area contributed by atoms with E-state index in [9.17, 15) is 22.0 Å². The van der Waals surface area contributed by atoms with Gasteiger partial charge in [0.25, 0.3) is 0 Å². The minimum Gasteiger partial charge on any atom is -0.399 e. The SMILES string of the molecule is C=CCCc1ccc(-c2cc(F)c(OC(F)(F)F)c(F)c2)cc1. The summed E-state index contributed by atoms with van der Waals surface area (Å²) in [6.07, 6.45) is -1.80. The van der Waals surface area contributed by atoms with Crippen molar-refractivity contribution in [3.05, 3.63) is 66.3 Å². The number of hydrogen-bond donors (Lipinski definition) is 0. The molecule has 1 nitrogen and oxygen atoms in total. The van der Waals surface area contributed by atoms with Crippen LogP contribution >= 0.6 is 0 Å². The van der Waals surface area contributed by atoms with E-state index in [2.05, 4.69) is 11.3 Å². The van der Waals surface area contributed by atoms with Gasteiger partial charge in [-0.05, 0) is 41.7 Å². The smallest absolute Gasteiger partial charge is 0.399 e. The van der Waals surface area contributed by atoms with Crippen LogP contribution in [0.5, 0.6) is 5.75 Å². The Balaban J connectivity index is 2.28. The lowest BCUT2D eigenvalue weighted by molar-refractivity contribution is -0.276. The highest BCUT2D eigenvalue weighted by molar-refractivity contribution is 5.65. The van der Waals surface area contributed by atoms with E-state index in [4.69, 9.17) is 0 Å². The van der Waals surface area contributed by atoms with E-state index in [0.717, 1.165) is 30.5 Å². The van der Waals surface area contributed by atoms with Crippen LogP contribution in [0.4, 0.5) is 22.0 Å². The first kappa shape index (κ1) is 17.0. The lowest BCUT2D eigenvalue weighted by Gasteiger charge is -2.12. The molecule has 0 bridgehead atoms. The minimum absolute atomic E-state index is 0.129. The topological polar surface area (TPSA) is 9.23 Å². The van der Waals surface area contributed by atoms with Crippen molar-refractivity contribution in [2.75, 3.05) is 0 Å². The molecule has 2 aromatic rings. The molecule has 0 heterocycles. The molecule has 0 fully saturated rings. The summed E-state index contributed by atoms with van der Waals surface area (Å²) in [5, 5.41) is 0. The van der Waals surface area contributed by atoms with E-state index >= 15 is 0 Å². The van der Waals surface area contributed by atoms with Crippen LogP contribution in [0.25, 0.3) is 11.1 Å². The van der Waals surface area contributed by atoms with Gasteiger partial charge in [-0.25, -0.2) is 8.78 Å². The van der Waals surface area contributed by atoms with Gasteiger partial charge < -0.3 is 4.74 Å². The second kappa shape index (κ2) is 6.81. The minimum atomic E-state index is -5.16. The van der Waals surface area contributed by atoms with E-state index in [1.54, 1.807) is 30.3 Å². The van der Waals surface area contributed by atoms with Crippen LogP contribution < -0.4 is 4.74 Å². The summed E-state index contributed by atoms with van der Waals surface area (Å²) < 4.78 is 67.1. The van der Waals surface area contributed by atoms with Gasteiger partial charge in [-0.15, -0.1) is 19.8 Å². The van der Waals surface area contributed by atoms with Crippen LogP contribution in [0.15, 0.2) is 49.1 Å². The van der Waals surface area contributed by atoms with Crippen LogP contribution in [0.3, 0.4) is 0 Å². The third-order valence-corrected chi connectivity index (χ3v) is 3.14. The first-order valence-electron chi connectivity index (χ1n) is 6.75. The number of alkyl halides is 3. The molecular weight excluding hydrogens is 315 g/mol. The Kier molecular flexibility index (Phi) is 5.03. The number of benzene rings is 2. The largest absolute Gasteiger partial charge is 0.573 e. The van der Waals surface area contributed by atoms with Gasteiger partial charge in [0.15, 0.2) is 11.6 Å². The van der Waals surface area contributed by atoms with Gasteiger partial charge >= 0.3 is 6.36 Å². The molecule has 0 unspecified atom stereocenters. The molecule has 0 aliphatic carbocycles. The average molecular weight is 328 g/mol. The number of allylic oxidation sites excluding steroid dienone is 1. The van der Waals surface area contributed by atoms with E-state index in [1.165, 1.54) is 0 Å². The third-order valence-electron chi connectivity index (χ3n) is 3.14. The van der Waals surface area contributed by atoms with Crippen LogP contribution in [-0.4, -0.2) is 6.36 Å². The number of hydrogen-bond acceptors (Lipinski definition) is 1. The fourth-order valence-electron chi connectivity index (χ4n) is 2.07. The first-order valence-corrected chi connectivity index (χ1v) is 6.75. The molecular formula is C17H13F5O. The van der Waals surface area contributed by atoms with Crippen molar-refractivity contribution in [3.63, 3.8) is 0 Å². The summed E-state index contributed by atoms with van der Waals surface area (Å²) in [6.45, 7) is 3.62. The zero-order valence-corrected chi connectivity index (χ0v) is 12.0. The van der Waals surface area contributed by atoms with Crippen molar-refractivity contribution >= 4 is 0 Å². The molecule has 23 heavy (non-hydrogen) atoms. The van der Waals surface area contributed by atoms with Gasteiger partial charge in [-0.1, -0.05) is 30.3 Å². The second-order valence-corrected chi connectivity index (χ2v) is 4.84. The van der Waals surface area contributed by atoms with Crippen molar-refractivity contribution < 1.29 is 26.7 Å². The second-order valence-electron chi connectivity index (χ2n) is 4.84. The maximum Gasteiger partial charge on any atom is 0.573 e. The maximum absolute atomic E-state index is 13.7. The van der Waals surface area contributed by atoms with Gasteiger partial charge in [-0.3, -0.25) is 0 Å². The molecule has 122 valence electrons. The molecule has 0 atom stereocenters. The molecule has 0 aromatic heterocycles. The third kappa shape index (κ3) is 4.55. The molecule has 0 radical (unpaired) electrons. The zero-order valence-electron chi connectivity index (χ0n) is 12.0. The quantitative estimate of drug-likeness (QED) is 0.509. The standard InChI is InChI=1S/C17H13F5O/c1-2-3-4-11-5-7-12(8-6-11)13-9-14(18)16(15(19)10-13)23-17(20,21)22/h2,5-10H,1,3-4H2. The fourth-order valence-corrected chi connectivity index (χ4v) is 2.07. The molecule has 0 amide bonds. The van der Waals surface area contributed by atoms with E-state index in [1.807, 2.05) is 0 Å². The molecule has 0 spiro atoms. The predicted molar refractivity (Wildman–Crippen MR) is 77.0 cm³/mol. The monoisotopic (exact) mass is 328 g/mol. The normalized spacial score (nSPS) is 11.3. The number of halogens is 5. The Morgan fingerprint density at radius 1 is 0.957 bits per heavy atom. The predicted octanol–water partition coefficient (Wildman–Crippen LogP) is 5.65. The van der Waals surface area contributed by atoms with Crippen molar-refractivity contribution in [2.24, 2.45) is 0 Å². The Hall–Kier alpha value is -2.37. The van der Waals surface area contributed by atoms with Gasteiger partial charge in [0.2, 0.25) is 5.75 Å². The van der Waals surface area contributed by atoms with Crippen LogP contribution in [0.2, 0.25) is 0 Å². The Bertz CT molecular complexity index is 666. The zero-order chi connectivity index (χ0) is 17.0. The van der Waals surface area contributed by atoms with Crippen molar-refractivity contribution in [3.8, 4) is 16.9 Å². The van der Waals surface area contributed by atoms with Crippen LogP contribution in [0, 0.1) is 11.6 Å². The average Bonchev–Trinajstić information content (AvgIpc) is 2.48. The van der Waals surface area contributed by atoms with Crippen molar-refractivity contribution in [2.45, 2.75) is 19.2 Å². The van der Waals surface area contributed by atoms with Crippen molar-refractivity contribution in [1.29, 1.82) is 0 Å². The maximum atomic E-state index is 13.7. The molecule has 2 rings (SSSR count). The van der Waals surface area contributed by atoms with Gasteiger partial charge in [0.05, 0.1) is 0 Å². The lowest BCUT2D eigenvalue weighted by atomic mass is 10.0. The van der Waals surface area contributed by atoms with Crippen LogP contribution in [-0.2, 0) is 6.42 Å². The summed E-state index contributed by atoms with van der Waals surface area (Å²) in [7, 11) is 0. The number of rotatable bonds is 5. The summed E-state index contributed by atoms with van der Waals surface area (Å²) in [6, 6.07) is 8.49. The molecule has 2 aromatic carbocycles. The van der Waals surface area contributed by atoms with E-state index in [-0.39, 0.29) is 5.56 Å². The lowest BCUT2D eigenvalue weighted by Crippen LogP contribution is -2.19. The molecule has 0 aliphatic heterocycles. The van der Waals surface area contributed by atoms with Crippen molar-refractivity contribution in [1.82, 2.24) is 0 Å². The summed E-state index contributed by atoms with van der Waals surface area (Å²) in [4.78, 5) is 0. The fraction of sp³-hybridized carbons (Fsp3) is 0.176. The van der Waals surface area contributed by atoms with E-state index in [0.29, 0.717) is 5.56 Å². The Morgan fingerprint density at radius 2 is 1.52 bits per heavy atom. The highest BCUT2D eigenvalue weighted by atomic mass is 19.4.